The van der Waals surface area contributed by atoms with Gasteiger partial charge in [0.05, 0.1) is 17.3 Å². The minimum Gasteiger partial charge on any atom is -0.476 e. The standard InChI is InChI=1S/C22H21ClF3N5O3/c1-12(27-15-5-6-16(23)28-19(15)21(33)34)14-9-13(22(24,25)26)11-31-18(32)10-17(29-20(14)31)30-7-3-2-4-8-30/h5-6,9-12,27H,2-4,7-8H2,1H3,(H,33,34)/t12-/m1/s1. The van der Waals surface area contributed by atoms with E-state index in [1.165, 1.54) is 18.2 Å². The van der Waals surface area contributed by atoms with Crippen LogP contribution in [0.3, 0.4) is 0 Å². The summed E-state index contributed by atoms with van der Waals surface area (Å²) < 4.78 is 41.8. The third-order valence-corrected chi connectivity index (χ3v) is 5.90. The van der Waals surface area contributed by atoms with E-state index in [0.717, 1.165) is 35.9 Å². The summed E-state index contributed by atoms with van der Waals surface area (Å²) in [5.41, 5.74) is -1.84. The fourth-order valence-corrected chi connectivity index (χ4v) is 4.15. The lowest BCUT2D eigenvalue weighted by Crippen LogP contribution is -2.32. The van der Waals surface area contributed by atoms with E-state index in [-0.39, 0.29) is 27.7 Å². The predicted octanol–water partition coefficient (Wildman–Crippen LogP) is 4.62. The van der Waals surface area contributed by atoms with E-state index in [9.17, 15) is 27.9 Å². The number of nitrogens with zero attached hydrogens (tertiary/aromatic N) is 4. The molecule has 12 heteroatoms. The molecule has 0 spiro atoms. The van der Waals surface area contributed by atoms with Crippen molar-refractivity contribution < 1.29 is 23.1 Å². The highest BCUT2D eigenvalue weighted by Gasteiger charge is 2.33. The number of carbonyl (C=O) groups is 1. The Hall–Kier alpha value is -3.34. The molecular weight excluding hydrogens is 475 g/mol. The minimum atomic E-state index is -4.71. The van der Waals surface area contributed by atoms with Gasteiger partial charge < -0.3 is 15.3 Å². The molecular formula is C22H21ClF3N5O3. The minimum absolute atomic E-state index is 0.0421. The van der Waals surface area contributed by atoms with Crippen LogP contribution in [0.25, 0.3) is 5.65 Å². The summed E-state index contributed by atoms with van der Waals surface area (Å²) in [6.07, 6.45) is -1.05. The van der Waals surface area contributed by atoms with E-state index in [0.29, 0.717) is 18.9 Å². The lowest BCUT2D eigenvalue weighted by atomic mass is 10.1. The van der Waals surface area contributed by atoms with E-state index in [4.69, 9.17) is 11.6 Å². The maximum Gasteiger partial charge on any atom is 0.417 e. The molecule has 3 aromatic heterocycles. The van der Waals surface area contributed by atoms with E-state index in [1.807, 2.05) is 4.90 Å². The summed E-state index contributed by atoms with van der Waals surface area (Å²) in [5.74, 6) is -0.954. The highest BCUT2D eigenvalue weighted by atomic mass is 35.5. The summed E-state index contributed by atoms with van der Waals surface area (Å²) in [4.78, 5) is 34.7. The Morgan fingerprint density at radius 3 is 2.53 bits per heavy atom. The fraction of sp³-hybridized carbons (Fsp3) is 0.364. The summed E-state index contributed by atoms with van der Waals surface area (Å²) in [5, 5.41) is 12.3. The van der Waals surface area contributed by atoms with Gasteiger partial charge >= 0.3 is 12.1 Å². The Bertz CT molecular complexity index is 1310. The molecule has 2 N–H and O–H groups in total. The number of rotatable bonds is 5. The summed E-state index contributed by atoms with van der Waals surface area (Å²) in [7, 11) is 0. The molecule has 0 amide bonds. The number of aromatic carboxylic acids is 1. The number of alkyl halides is 3. The Balaban J connectivity index is 1.86. The summed E-state index contributed by atoms with van der Waals surface area (Å²) in [6, 6.07) is 4.05. The second-order valence-corrected chi connectivity index (χ2v) is 8.46. The van der Waals surface area contributed by atoms with Crippen LogP contribution in [0.4, 0.5) is 24.7 Å². The third kappa shape index (κ3) is 4.79. The molecule has 0 saturated carbocycles. The van der Waals surface area contributed by atoms with Crippen LogP contribution in [0, 0.1) is 0 Å². The Labute approximate surface area is 197 Å². The van der Waals surface area contributed by atoms with Crippen molar-refractivity contribution in [2.75, 3.05) is 23.3 Å². The average Bonchev–Trinajstić information content (AvgIpc) is 2.79. The first-order valence-corrected chi connectivity index (χ1v) is 11.0. The van der Waals surface area contributed by atoms with Crippen LogP contribution in [0.5, 0.6) is 0 Å². The van der Waals surface area contributed by atoms with Gasteiger partial charge in [-0.3, -0.25) is 9.20 Å². The molecule has 4 heterocycles. The lowest BCUT2D eigenvalue weighted by Gasteiger charge is -2.28. The summed E-state index contributed by atoms with van der Waals surface area (Å²) in [6.45, 7) is 2.95. The number of halogens is 4. The van der Waals surface area contributed by atoms with Crippen molar-refractivity contribution in [2.24, 2.45) is 0 Å². The molecule has 0 unspecified atom stereocenters. The highest BCUT2D eigenvalue weighted by Crippen LogP contribution is 2.33. The molecule has 0 radical (unpaired) electrons. The number of fused-ring (bicyclic) bond motifs is 1. The van der Waals surface area contributed by atoms with Gasteiger partial charge in [-0.15, -0.1) is 0 Å². The highest BCUT2D eigenvalue weighted by molar-refractivity contribution is 6.29. The smallest absolute Gasteiger partial charge is 0.417 e. The van der Waals surface area contributed by atoms with E-state index in [2.05, 4.69) is 15.3 Å². The van der Waals surface area contributed by atoms with Gasteiger partial charge in [0.25, 0.3) is 5.56 Å². The average molecular weight is 496 g/mol. The number of carboxylic acids is 1. The monoisotopic (exact) mass is 495 g/mol. The zero-order valence-electron chi connectivity index (χ0n) is 18.1. The van der Waals surface area contributed by atoms with Gasteiger partial charge in [0.2, 0.25) is 0 Å². The zero-order chi connectivity index (χ0) is 24.6. The third-order valence-electron chi connectivity index (χ3n) is 5.69. The van der Waals surface area contributed by atoms with Crippen LogP contribution < -0.4 is 15.8 Å². The number of hydrogen-bond donors (Lipinski definition) is 2. The maximum atomic E-state index is 13.6. The molecule has 4 rings (SSSR count). The van der Waals surface area contributed by atoms with E-state index < -0.39 is 29.3 Å². The second-order valence-electron chi connectivity index (χ2n) is 8.08. The van der Waals surface area contributed by atoms with Crippen LogP contribution in [-0.4, -0.2) is 38.5 Å². The topological polar surface area (TPSA) is 99.8 Å². The van der Waals surface area contributed by atoms with Crippen LogP contribution in [0.1, 0.15) is 53.8 Å². The molecule has 0 bridgehead atoms. The first-order valence-electron chi connectivity index (χ1n) is 10.6. The van der Waals surface area contributed by atoms with Gasteiger partial charge in [-0.25, -0.2) is 14.8 Å². The Morgan fingerprint density at radius 2 is 1.88 bits per heavy atom. The zero-order valence-corrected chi connectivity index (χ0v) is 18.8. The normalized spacial score (nSPS) is 15.4. The number of pyridine rings is 2. The molecule has 3 aromatic rings. The lowest BCUT2D eigenvalue weighted by molar-refractivity contribution is -0.137. The van der Waals surface area contributed by atoms with E-state index >= 15 is 0 Å². The molecule has 34 heavy (non-hydrogen) atoms. The van der Waals surface area contributed by atoms with Crippen molar-refractivity contribution in [3.63, 3.8) is 0 Å². The molecule has 0 aromatic carbocycles. The fourth-order valence-electron chi connectivity index (χ4n) is 4.00. The molecule has 1 atom stereocenters. The van der Waals surface area contributed by atoms with Crippen molar-refractivity contribution in [2.45, 2.75) is 38.4 Å². The second kappa shape index (κ2) is 9.13. The first-order chi connectivity index (χ1) is 16.0. The van der Waals surface area contributed by atoms with Crippen molar-refractivity contribution in [3.05, 3.63) is 62.8 Å². The first kappa shape index (κ1) is 23.8. The molecule has 1 aliphatic rings. The maximum absolute atomic E-state index is 13.6. The van der Waals surface area contributed by atoms with Gasteiger partial charge in [0.1, 0.15) is 16.6 Å². The largest absolute Gasteiger partial charge is 0.476 e. The van der Waals surface area contributed by atoms with E-state index in [1.54, 1.807) is 6.92 Å². The van der Waals surface area contributed by atoms with Crippen molar-refractivity contribution in [3.8, 4) is 0 Å². The number of piperidine rings is 1. The van der Waals surface area contributed by atoms with Crippen molar-refractivity contribution in [1.29, 1.82) is 0 Å². The Kier molecular flexibility index (Phi) is 6.39. The van der Waals surface area contributed by atoms with Crippen LogP contribution in [0.15, 0.2) is 35.3 Å². The summed E-state index contributed by atoms with van der Waals surface area (Å²) >= 11 is 5.79. The molecule has 1 fully saturated rings. The Morgan fingerprint density at radius 1 is 1.18 bits per heavy atom. The van der Waals surface area contributed by atoms with Crippen LogP contribution >= 0.6 is 11.6 Å². The van der Waals surface area contributed by atoms with Crippen LogP contribution in [0.2, 0.25) is 5.15 Å². The van der Waals surface area contributed by atoms with Gasteiger partial charge in [-0.1, -0.05) is 11.6 Å². The molecule has 180 valence electrons. The van der Waals surface area contributed by atoms with Gasteiger partial charge in [-0.05, 0) is 44.4 Å². The molecule has 8 nitrogen and oxygen atoms in total. The number of nitrogens with one attached hydrogen (secondary N) is 1. The quantitative estimate of drug-likeness (QED) is 0.498. The van der Waals surface area contributed by atoms with Gasteiger partial charge in [0, 0.05) is 30.9 Å². The number of hydrogen-bond acceptors (Lipinski definition) is 6. The van der Waals surface area contributed by atoms with Crippen LogP contribution in [-0.2, 0) is 6.18 Å². The SMILES string of the molecule is C[C@@H](Nc1ccc(Cl)nc1C(=O)O)c1cc(C(F)(F)F)cn2c(=O)cc(N3CCCCC3)nc12. The molecule has 1 saturated heterocycles. The van der Waals surface area contributed by atoms with Gasteiger partial charge in [0.15, 0.2) is 5.69 Å². The number of aromatic nitrogens is 3. The molecule has 0 aliphatic carbocycles. The van der Waals surface area contributed by atoms with Crippen molar-refractivity contribution >= 4 is 34.7 Å². The number of carboxylic acid groups (broad SMARTS) is 1. The molecule has 1 aliphatic heterocycles. The number of anilines is 2. The van der Waals surface area contributed by atoms with Gasteiger partial charge in [-0.2, -0.15) is 13.2 Å². The predicted molar refractivity (Wildman–Crippen MR) is 121 cm³/mol. The van der Waals surface area contributed by atoms with Crippen molar-refractivity contribution in [1.82, 2.24) is 14.4 Å².